The molecule has 0 saturated carbocycles. The third-order valence-corrected chi connectivity index (χ3v) is 4.02. The van der Waals surface area contributed by atoms with Gasteiger partial charge in [0.2, 0.25) is 0 Å². The number of hydrogen-bond donors (Lipinski definition) is 1. The van der Waals surface area contributed by atoms with Crippen molar-refractivity contribution in [2.75, 3.05) is 0 Å². The quantitative estimate of drug-likeness (QED) is 0.796. The highest BCUT2D eigenvalue weighted by molar-refractivity contribution is 6.30. The summed E-state index contributed by atoms with van der Waals surface area (Å²) >= 11 is 5.91. The van der Waals surface area contributed by atoms with Gasteiger partial charge in [-0.05, 0) is 49.7 Å². The average molecular weight is 329 g/mol. The Labute approximate surface area is 139 Å². The van der Waals surface area contributed by atoms with E-state index in [4.69, 9.17) is 11.6 Å². The van der Waals surface area contributed by atoms with Crippen LogP contribution in [0.5, 0.6) is 0 Å². The minimum atomic E-state index is -0.0992. The lowest BCUT2D eigenvalue weighted by Gasteiger charge is -2.11. The number of hydrogen-bond acceptors (Lipinski definition) is 3. The Morgan fingerprint density at radius 3 is 2.70 bits per heavy atom. The molecule has 2 aromatic heterocycles. The summed E-state index contributed by atoms with van der Waals surface area (Å²) in [6.07, 6.45) is 2.70. The number of carbonyl (C=O) groups excluding carboxylic acids is 1. The fraction of sp³-hybridized carbons (Fsp3) is 0.235. The molecule has 0 bridgehead atoms. The van der Waals surface area contributed by atoms with E-state index in [2.05, 4.69) is 15.5 Å². The molecule has 3 rings (SSSR count). The van der Waals surface area contributed by atoms with Crippen LogP contribution in [-0.4, -0.2) is 26.5 Å². The Bertz CT molecular complexity index is 841. The molecule has 0 unspecified atom stereocenters. The zero-order chi connectivity index (χ0) is 16.4. The highest BCUT2D eigenvalue weighted by Gasteiger charge is 2.12. The van der Waals surface area contributed by atoms with Crippen molar-refractivity contribution < 1.29 is 4.79 Å². The van der Waals surface area contributed by atoms with Gasteiger partial charge in [-0.1, -0.05) is 18.5 Å². The summed E-state index contributed by atoms with van der Waals surface area (Å²) in [5.41, 5.74) is 2.12. The van der Waals surface area contributed by atoms with Gasteiger partial charge in [-0.25, -0.2) is 0 Å². The molecule has 0 aliphatic heterocycles. The monoisotopic (exact) mass is 328 g/mol. The van der Waals surface area contributed by atoms with Gasteiger partial charge in [0, 0.05) is 28.4 Å². The molecule has 0 fully saturated rings. The third-order valence-electron chi connectivity index (χ3n) is 3.76. The van der Waals surface area contributed by atoms with Gasteiger partial charge < -0.3 is 5.32 Å². The molecule has 6 heteroatoms. The maximum atomic E-state index is 12.2. The van der Waals surface area contributed by atoms with Gasteiger partial charge >= 0.3 is 0 Å². The van der Waals surface area contributed by atoms with Gasteiger partial charge in [0.15, 0.2) is 11.5 Å². The van der Waals surface area contributed by atoms with Gasteiger partial charge in [0.05, 0.1) is 0 Å². The first-order valence-electron chi connectivity index (χ1n) is 7.50. The van der Waals surface area contributed by atoms with Gasteiger partial charge in [-0.15, -0.1) is 10.2 Å². The van der Waals surface area contributed by atoms with E-state index in [-0.39, 0.29) is 11.9 Å². The Hall–Kier alpha value is -2.40. The number of halogens is 1. The zero-order valence-electron chi connectivity index (χ0n) is 13.0. The number of fused-ring (bicyclic) bond motifs is 1. The summed E-state index contributed by atoms with van der Waals surface area (Å²) in [5.74, 6) is 0.614. The van der Waals surface area contributed by atoms with E-state index in [9.17, 15) is 4.79 Å². The zero-order valence-corrected chi connectivity index (χ0v) is 13.7. The van der Waals surface area contributed by atoms with Crippen LogP contribution in [0, 0.1) is 0 Å². The van der Waals surface area contributed by atoms with Crippen molar-refractivity contribution in [3.63, 3.8) is 0 Å². The molecule has 118 valence electrons. The smallest absolute Gasteiger partial charge is 0.251 e. The summed E-state index contributed by atoms with van der Waals surface area (Å²) < 4.78 is 1.85. The van der Waals surface area contributed by atoms with E-state index in [1.807, 2.05) is 48.7 Å². The van der Waals surface area contributed by atoms with Crippen LogP contribution in [-0.2, 0) is 0 Å². The Balaban J connectivity index is 1.94. The van der Waals surface area contributed by atoms with E-state index >= 15 is 0 Å². The van der Waals surface area contributed by atoms with Crippen molar-refractivity contribution in [1.82, 2.24) is 19.9 Å². The first kappa shape index (κ1) is 15.5. The van der Waals surface area contributed by atoms with Crippen LogP contribution >= 0.6 is 11.6 Å². The van der Waals surface area contributed by atoms with Crippen LogP contribution in [0.2, 0.25) is 5.02 Å². The molecule has 0 aliphatic carbocycles. The number of aromatic nitrogens is 3. The second kappa shape index (κ2) is 6.38. The van der Waals surface area contributed by atoms with E-state index in [1.54, 1.807) is 12.1 Å². The van der Waals surface area contributed by atoms with Gasteiger partial charge in [0.25, 0.3) is 5.91 Å². The molecular weight excluding hydrogens is 312 g/mol. The molecule has 23 heavy (non-hydrogen) atoms. The normalized spacial score (nSPS) is 12.3. The minimum absolute atomic E-state index is 0.0992. The van der Waals surface area contributed by atoms with Crippen LogP contribution < -0.4 is 5.32 Å². The maximum Gasteiger partial charge on any atom is 0.251 e. The van der Waals surface area contributed by atoms with Crippen LogP contribution in [0.3, 0.4) is 0 Å². The summed E-state index contributed by atoms with van der Waals surface area (Å²) in [4.78, 5) is 12.2. The fourth-order valence-electron chi connectivity index (χ4n) is 2.24. The summed E-state index contributed by atoms with van der Waals surface area (Å²) in [5, 5.41) is 12.0. The Kier molecular flexibility index (Phi) is 4.30. The number of benzene rings is 1. The van der Waals surface area contributed by atoms with E-state index in [0.717, 1.165) is 12.0 Å². The highest BCUT2D eigenvalue weighted by Crippen LogP contribution is 2.21. The number of nitrogens with zero attached hydrogens (tertiary/aromatic N) is 3. The van der Waals surface area contributed by atoms with Crippen LogP contribution in [0.1, 0.15) is 30.6 Å². The van der Waals surface area contributed by atoms with E-state index < -0.39 is 0 Å². The fourth-order valence-corrected chi connectivity index (χ4v) is 2.36. The van der Waals surface area contributed by atoms with Crippen LogP contribution in [0.4, 0.5) is 0 Å². The minimum Gasteiger partial charge on any atom is -0.350 e. The number of nitrogens with one attached hydrogen (secondary N) is 1. The Morgan fingerprint density at radius 1 is 1.26 bits per heavy atom. The van der Waals surface area contributed by atoms with Gasteiger partial charge in [0.1, 0.15) is 0 Å². The maximum absolute atomic E-state index is 12.2. The van der Waals surface area contributed by atoms with Crippen molar-refractivity contribution in [2.24, 2.45) is 0 Å². The molecule has 3 aromatic rings. The van der Waals surface area contributed by atoms with Crippen molar-refractivity contribution in [2.45, 2.75) is 26.3 Å². The van der Waals surface area contributed by atoms with Crippen molar-refractivity contribution in [3.8, 4) is 11.4 Å². The lowest BCUT2D eigenvalue weighted by molar-refractivity contribution is 0.0939. The molecule has 5 nitrogen and oxygen atoms in total. The molecule has 0 saturated heterocycles. The molecule has 1 aromatic carbocycles. The van der Waals surface area contributed by atoms with Crippen LogP contribution in [0.15, 0.2) is 42.6 Å². The largest absolute Gasteiger partial charge is 0.350 e. The standard InChI is InChI=1S/C17H17ClN4O/c1-3-11(2)19-17(23)13-8-9-22-15(10-13)20-21-16(22)12-4-6-14(18)7-5-12/h4-11H,3H2,1-2H3,(H,19,23)/t11-/m0/s1. The lowest BCUT2D eigenvalue weighted by atomic mass is 10.2. The second-order valence-electron chi connectivity index (χ2n) is 5.46. The topological polar surface area (TPSA) is 59.3 Å². The van der Waals surface area contributed by atoms with Crippen LogP contribution in [0.25, 0.3) is 17.0 Å². The first-order chi connectivity index (χ1) is 11.1. The number of rotatable bonds is 4. The summed E-state index contributed by atoms with van der Waals surface area (Å²) in [6.45, 7) is 4.01. The highest BCUT2D eigenvalue weighted by atomic mass is 35.5. The predicted molar refractivity (Wildman–Crippen MR) is 90.7 cm³/mol. The number of amides is 1. The van der Waals surface area contributed by atoms with E-state index in [1.165, 1.54) is 0 Å². The third kappa shape index (κ3) is 3.19. The Morgan fingerprint density at radius 2 is 2.00 bits per heavy atom. The second-order valence-corrected chi connectivity index (χ2v) is 5.89. The molecule has 0 aliphatic rings. The van der Waals surface area contributed by atoms with Crippen molar-refractivity contribution in [1.29, 1.82) is 0 Å². The predicted octanol–water partition coefficient (Wildman–Crippen LogP) is 3.58. The number of carbonyl (C=O) groups is 1. The molecule has 1 N–H and O–H groups in total. The first-order valence-corrected chi connectivity index (χ1v) is 7.88. The lowest BCUT2D eigenvalue weighted by Crippen LogP contribution is -2.31. The average Bonchev–Trinajstić information content (AvgIpc) is 2.98. The van der Waals surface area contributed by atoms with Gasteiger partial charge in [-0.3, -0.25) is 9.20 Å². The molecule has 2 heterocycles. The molecule has 0 radical (unpaired) electrons. The molecule has 0 spiro atoms. The summed E-state index contributed by atoms with van der Waals surface area (Å²) in [7, 11) is 0. The van der Waals surface area contributed by atoms with Gasteiger partial charge in [-0.2, -0.15) is 0 Å². The number of pyridine rings is 1. The SMILES string of the molecule is CC[C@H](C)NC(=O)c1ccn2c(-c3ccc(Cl)cc3)nnc2c1. The molecule has 1 amide bonds. The van der Waals surface area contributed by atoms with Crippen molar-refractivity contribution in [3.05, 3.63) is 53.2 Å². The summed E-state index contributed by atoms with van der Waals surface area (Å²) in [6, 6.07) is 11.1. The molecular formula is C17H17ClN4O. The van der Waals surface area contributed by atoms with E-state index in [0.29, 0.717) is 22.1 Å². The molecule has 1 atom stereocenters. The van der Waals surface area contributed by atoms with Crippen molar-refractivity contribution >= 4 is 23.2 Å².